The number of amides is 1. The Balaban J connectivity index is 1.83. The molecule has 2 aliphatic rings. The van der Waals surface area contributed by atoms with E-state index in [0.29, 0.717) is 23.3 Å². The molecule has 3 rings (SSSR count). The van der Waals surface area contributed by atoms with Crippen LogP contribution in [0.5, 0.6) is 5.75 Å². The molecule has 1 aromatic rings. The van der Waals surface area contributed by atoms with Crippen LogP contribution in [0.4, 0.5) is 0 Å². The van der Waals surface area contributed by atoms with Crippen molar-refractivity contribution >= 4 is 21.8 Å². The highest BCUT2D eigenvalue weighted by molar-refractivity contribution is 9.10. The van der Waals surface area contributed by atoms with Crippen LogP contribution in [-0.4, -0.2) is 30.5 Å². The minimum Gasteiger partial charge on any atom is -0.496 e. The average Bonchev–Trinajstić information content (AvgIpc) is 3.16. The smallest absolute Gasteiger partial charge is 0.257 e. The van der Waals surface area contributed by atoms with E-state index in [-0.39, 0.29) is 5.91 Å². The molecular weight excluding hydrogens is 330 g/mol. The predicted octanol–water partition coefficient (Wildman–Crippen LogP) is 4.25. The highest BCUT2D eigenvalue weighted by atomic mass is 79.9. The number of methoxy groups -OCH3 is 1. The third-order valence-electron chi connectivity index (χ3n) is 4.90. The Morgan fingerprint density at radius 3 is 2.71 bits per heavy atom. The Morgan fingerprint density at radius 2 is 2.00 bits per heavy atom. The molecule has 0 radical (unpaired) electrons. The van der Waals surface area contributed by atoms with Crippen LogP contribution in [0.15, 0.2) is 22.7 Å². The molecule has 4 heteroatoms. The van der Waals surface area contributed by atoms with Gasteiger partial charge in [-0.3, -0.25) is 4.79 Å². The van der Waals surface area contributed by atoms with Gasteiger partial charge in [0.2, 0.25) is 0 Å². The van der Waals surface area contributed by atoms with Gasteiger partial charge >= 0.3 is 0 Å². The van der Waals surface area contributed by atoms with Gasteiger partial charge in [-0.05, 0) is 49.8 Å². The average molecular weight is 352 g/mol. The van der Waals surface area contributed by atoms with Gasteiger partial charge in [0.05, 0.1) is 12.7 Å². The summed E-state index contributed by atoms with van der Waals surface area (Å²) in [5.74, 6) is 1.50. The highest BCUT2D eigenvalue weighted by Crippen LogP contribution is 2.37. The molecule has 114 valence electrons. The van der Waals surface area contributed by atoms with Crippen molar-refractivity contribution in [2.45, 2.75) is 44.6 Å². The maximum absolute atomic E-state index is 12.9. The van der Waals surface area contributed by atoms with Gasteiger partial charge in [0, 0.05) is 17.1 Å². The maximum Gasteiger partial charge on any atom is 0.257 e. The molecule has 1 aromatic carbocycles. The van der Waals surface area contributed by atoms with Crippen molar-refractivity contribution in [2.75, 3.05) is 13.7 Å². The molecule has 1 aliphatic carbocycles. The largest absolute Gasteiger partial charge is 0.496 e. The summed E-state index contributed by atoms with van der Waals surface area (Å²) in [7, 11) is 1.62. The Morgan fingerprint density at radius 1 is 1.24 bits per heavy atom. The van der Waals surface area contributed by atoms with Gasteiger partial charge < -0.3 is 9.64 Å². The van der Waals surface area contributed by atoms with Crippen molar-refractivity contribution in [3.63, 3.8) is 0 Å². The number of nitrogens with zero attached hydrogens (tertiary/aromatic N) is 1. The highest BCUT2D eigenvalue weighted by Gasteiger charge is 2.36. The lowest BCUT2D eigenvalue weighted by Gasteiger charge is -2.30. The lowest BCUT2D eigenvalue weighted by molar-refractivity contribution is 0.0685. The van der Waals surface area contributed by atoms with E-state index < -0.39 is 0 Å². The SMILES string of the molecule is COc1cc(Br)ccc1C(=O)N1CCCC1C1CCCC1. The summed E-state index contributed by atoms with van der Waals surface area (Å²) in [4.78, 5) is 15.0. The molecule has 0 aromatic heterocycles. The zero-order valence-electron chi connectivity index (χ0n) is 12.5. The molecule has 1 saturated carbocycles. The van der Waals surface area contributed by atoms with Crippen molar-refractivity contribution in [1.29, 1.82) is 0 Å². The molecule has 0 spiro atoms. The van der Waals surface area contributed by atoms with E-state index in [4.69, 9.17) is 4.74 Å². The van der Waals surface area contributed by atoms with Crippen molar-refractivity contribution in [2.24, 2.45) is 5.92 Å². The summed E-state index contributed by atoms with van der Waals surface area (Å²) in [5, 5.41) is 0. The molecule has 21 heavy (non-hydrogen) atoms. The van der Waals surface area contributed by atoms with Gasteiger partial charge in [-0.1, -0.05) is 28.8 Å². The van der Waals surface area contributed by atoms with Crippen LogP contribution in [0, 0.1) is 5.92 Å². The quantitative estimate of drug-likeness (QED) is 0.814. The summed E-state index contributed by atoms with van der Waals surface area (Å²) in [6, 6.07) is 6.09. The van der Waals surface area contributed by atoms with Gasteiger partial charge in [-0.2, -0.15) is 0 Å². The zero-order chi connectivity index (χ0) is 14.8. The summed E-state index contributed by atoms with van der Waals surface area (Å²) in [5.41, 5.74) is 0.686. The molecule has 0 bridgehead atoms. The number of rotatable bonds is 3. The Labute approximate surface area is 134 Å². The second kappa shape index (κ2) is 6.39. The fraction of sp³-hybridized carbons (Fsp3) is 0.588. The monoisotopic (exact) mass is 351 g/mol. The Kier molecular flexibility index (Phi) is 4.53. The van der Waals surface area contributed by atoms with E-state index in [1.54, 1.807) is 7.11 Å². The van der Waals surface area contributed by atoms with E-state index >= 15 is 0 Å². The Hall–Kier alpha value is -1.03. The molecule has 1 atom stereocenters. The molecule has 0 N–H and O–H groups in total. The fourth-order valence-corrected chi connectivity index (χ4v) is 4.21. The van der Waals surface area contributed by atoms with Gasteiger partial charge in [0.15, 0.2) is 0 Å². The van der Waals surface area contributed by atoms with Crippen LogP contribution in [0.2, 0.25) is 0 Å². The number of hydrogen-bond donors (Lipinski definition) is 0. The van der Waals surface area contributed by atoms with Gasteiger partial charge in [-0.25, -0.2) is 0 Å². The van der Waals surface area contributed by atoms with Crippen molar-refractivity contribution in [3.05, 3.63) is 28.2 Å². The van der Waals surface area contributed by atoms with Crippen LogP contribution in [0.3, 0.4) is 0 Å². The first-order valence-electron chi connectivity index (χ1n) is 7.85. The van der Waals surface area contributed by atoms with Gasteiger partial charge in [0.25, 0.3) is 5.91 Å². The normalized spacial score (nSPS) is 22.8. The first-order chi connectivity index (χ1) is 10.2. The maximum atomic E-state index is 12.9. The van der Waals surface area contributed by atoms with Crippen LogP contribution < -0.4 is 4.74 Å². The topological polar surface area (TPSA) is 29.5 Å². The van der Waals surface area contributed by atoms with E-state index in [9.17, 15) is 4.79 Å². The molecule has 2 fully saturated rings. The summed E-state index contributed by atoms with van der Waals surface area (Å²) >= 11 is 3.43. The minimum absolute atomic E-state index is 0.133. The predicted molar refractivity (Wildman–Crippen MR) is 86.7 cm³/mol. The third kappa shape index (κ3) is 2.96. The van der Waals surface area contributed by atoms with E-state index in [1.807, 2.05) is 18.2 Å². The van der Waals surface area contributed by atoms with Gasteiger partial charge in [0.1, 0.15) is 5.75 Å². The molecule has 1 saturated heterocycles. The first-order valence-corrected chi connectivity index (χ1v) is 8.64. The fourth-order valence-electron chi connectivity index (χ4n) is 3.87. The first kappa shape index (κ1) is 14.9. The second-order valence-electron chi connectivity index (χ2n) is 6.10. The van der Waals surface area contributed by atoms with Crippen LogP contribution in [0.25, 0.3) is 0 Å². The summed E-state index contributed by atoms with van der Waals surface area (Å²) in [6.07, 6.45) is 7.51. The molecular formula is C17H22BrNO2. The number of likely N-dealkylation sites (tertiary alicyclic amines) is 1. The standard InChI is InChI=1S/C17H22BrNO2/c1-21-16-11-13(18)8-9-14(16)17(20)19-10-4-7-15(19)12-5-2-3-6-12/h8-9,11-12,15H,2-7,10H2,1H3. The van der Waals surface area contributed by atoms with Crippen LogP contribution in [-0.2, 0) is 0 Å². The van der Waals surface area contributed by atoms with Crippen molar-refractivity contribution in [3.8, 4) is 5.75 Å². The number of benzene rings is 1. The van der Waals surface area contributed by atoms with Crippen LogP contribution in [0.1, 0.15) is 48.9 Å². The molecule has 1 aliphatic heterocycles. The summed E-state index contributed by atoms with van der Waals surface area (Å²) in [6.45, 7) is 0.888. The Bertz CT molecular complexity index is 526. The number of ether oxygens (including phenoxy) is 1. The van der Waals surface area contributed by atoms with Crippen molar-refractivity contribution < 1.29 is 9.53 Å². The van der Waals surface area contributed by atoms with E-state index in [0.717, 1.165) is 23.9 Å². The van der Waals surface area contributed by atoms with E-state index in [1.165, 1.54) is 25.7 Å². The number of carbonyl (C=O) groups excluding carboxylic acids is 1. The lowest BCUT2D eigenvalue weighted by Crippen LogP contribution is -2.39. The third-order valence-corrected chi connectivity index (χ3v) is 5.39. The molecule has 1 amide bonds. The van der Waals surface area contributed by atoms with Gasteiger partial charge in [-0.15, -0.1) is 0 Å². The summed E-state index contributed by atoms with van der Waals surface area (Å²) < 4.78 is 6.32. The van der Waals surface area contributed by atoms with Crippen LogP contribution >= 0.6 is 15.9 Å². The second-order valence-corrected chi connectivity index (χ2v) is 7.01. The lowest BCUT2D eigenvalue weighted by atomic mass is 9.95. The number of hydrogen-bond acceptors (Lipinski definition) is 2. The number of halogens is 1. The zero-order valence-corrected chi connectivity index (χ0v) is 14.1. The van der Waals surface area contributed by atoms with E-state index in [2.05, 4.69) is 20.8 Å². The molecule has 1 heterocycles. The molecule has 3 nitrogen and oxygen atoms in total. The minimum atomic E-state index is 0.133. The molecule has 1 unspecified atom stereocenters. The number of carbonyl (C=O) groups is 1. The van der Waals surface area contributed by atoms with Crippen molar-refractivity contribution in [1.82, 2.24) is 4.90 Å².